The predicted molar refractivity (Wildman–Crippen MR) is 134 cm³/mol. The van der Waals surface area contributed by atoms with E-state index in [4.69, 9.17) is 9.84 Å². The third kappa shape index (κ3) is 4.99. The summed E-state index contributed by atoms with van der Waals surface area (Å²) >= 11 is 0. The van der Waals surface area contributed by atoms with Crippen LogP contribution in [0, 0.1) is 0 Å². The summed E-state index contributed by atoms with van der Waals surface area (Å²) in [6.45, 7) is 0.809. The SMILES string of the molecule is O=S(=O)(NCCO)c1cccc(N[C@H]2COC3(CCN(S(=O)(=O)c4cnc5cc[nH]c5c4)CC3)C2)c1. The van der Waals surface area contributed by atoms with Crippen molar-refractivity contribution in [3.63, 3.8) is 0 Å². The van der Waals surface area contributed by atoms with E-state index in [0.717, 1.165) is 0 Å². The summed E-state index contributed by atoms with van der Waals surface area (Å²) in [6, 6.07) is 9.87. The minimum atomic E-state index is -3.71. The number of piperidine rings is 1. The topological polar surface area (TPSA) is 154 Å². The molecule has 0 amide bonds. The molecule has 194 valence electrons. The second-order valence-corrected chi connectivity index (χ2v) is 12.9. The Balaban J connectivity index is 1.21. The molecule has 1 spiro atoms. The highest BCUT2D eigenvalue weighted by Gasteiger charge is 2.45. The Morgan fingerprint density at radius 1 is 1.14 bits per heavy atom. The predicted octanol–water partition coefficient (Wildman–Crippen LogP) is 1.26. The first-order valence-electron chi connectivity index (χ1n) is 11.8. The van der Waals surface area contributed by atoms with Crippen molar-refractivity contribution in [2.45, 2.75) is 40.7 Å². The number of aliphatic hydroxyl groups excluding tert-OH is 1. The van der Waals surface area contributed by atoms with E-state index in [1.54, 1.807) is 36.5 Å². The highest BCUT2D eigenvalue weighted by atomic mass is 32.2. The average molecular weight is 536 g/mol. The molecule has 0 aliphatic carbocycles. The number of H-pyrrole nitrogens is 1. The number of rotatable bonds is 8. The number of aromatic amines is 1. The number of pyridine rings is 1. The normalized spacial score (nSPS) is 20.8. The number of hydrogen-bond donors (Lipinski definition) is 4. The number of ether oxygens (including phenoxy) is 1. The van der Waals surface area contributed by atoms with Gasteiger partial charge in [-0.1, -0.05) is 6.07 Å². The summed E-state index contributed by atoms with van der Waals surface area (Å²) < 4.78 is 61.1. The summed E-state index contributed by atoms with van der Waals surface area (Å²) in [6.07, 6.45) is 4.96. The van der Waals surface area contributed by atoms with Crippen molar-refractivity contribution in [3.05, 3.63) is 48.8 Å². The Labute approximate surface area is 210 Å². The van der Waals surface area contributed by atoms with Crippen molar-refractivity contribution in [1.29, 1.82) is 0 Å². The minimum absolute atomic E-state index is 0.0315. The zero-order chi connectivity index (χ0) is 25.4. The molecule has 2 saturated heterocycles. The first kappa shape index (κ1) is 25.1. The molecule has 2 aliphatic heterocycles. The van der Waals surface area contributed by atoms with E-state index in [2.05, 4.69) is 20.0 Å². The van der Waals surface area contributed by atoms with Gasteiger partial charge < -0.3 is 20.1 Å². The van der Waals surface area contributed by atoms with Gasteiger partial charge in [0.05, 0.1) is 40.8 Å². The molecular weight excluding hydrogens is 506 g/mol. The lowest BCUT2D eigenvalue weighted by Crippen LogP contribution is -2.46. The number of sulfonamides is 2. The fourth-order valence-electron chi connectivity index (χ4n) is 4.88. The molecule has 2 fully saturated rings. The molecule has 11 nitrogen and oxygen atoms in total. The standard InChI is InChI=1S/C23H29N5O6S2/c29-11-8-26-35(30,31)19-3-1-2-17(12-19)27-18-14-23(34-16-18)5-9-28(10-6-23)36(32,33)20-13-22-21(25-15-20)4-7-24-22/h1-4,7,12-13,15,18,24,26-27,29H,5-6,8-11,14,16H2/t18-/m1/s1. The van der Waals surface area contributed by atoms with E-state index in [1.807, 2.05) is 0 Å². The molecule has 0 unspecified atom stereocenters. The molecule has 0 saturated carbocycles. The van der Waals surface area contributed by atoms with Gasteiger partial charge in [0.2, 0.25) is 20.0 Å². The number of nitrogens with one attached hydrogen (secondary N) is 3. The molecule has 3 aromatic rings. The van der Waals surface area contributed by atoms with E-state index in [1.165, 1.54) is 16.6 Å². The molecule has 5 rings (SSSR count). The zero-order valence-corrected chi connectivity index (χ0v) is 21.2. The fourth-order valence-corrected chi connectivity index (χ4v) is 7.36. The van der Waals surface area contributed by atoms with Gasteiger partial charge in [0, 0.05) is 37.7 Å². The molecule has 0 bridgehead atoms. The number of fused-ring (bicyclic) bond motifs is 1. The third-order valence-electron chi connectivity index (χ3n) is 6.77. The van der Waals surface area contributed by atoms with Crippen LogP contribution in [0.5, 0.6) is 0 Å². The smallest absolute Gasteiger partial charge is 0.244 e. The second kappa shape index (κ2) is 9.72. The van der Waals surface area contributed by atoms with Crippen LogP contribution >= 0.6 is 0 Å². The number of aliphatic hydroxyl groups is 1. The van der Waals surface area contributed by atoms with E-state index in [-0.39, 0.29) is 29.0 Å². The number of benzene rings is 1. The van der Waals surface area contributed by atoms with Crippen molar-refractivity contribution < 1.29 is 26.7 Å². The summed E-state index contributed by atoms with van der Waals surface area (Å²) in [4.78, 5) is 7.52. The lowest BCUT2D eigenvalue weighted by molar-refractivity contribution is -0.0310. The number of nitrogens with zero attached hydrogens (tertiary/aromatic N) is 2. The lowest BCUT2D eigenvalue weighted by Gasteiger charge is -2.38. The summed E-state index contributed by atoms with van der Waals surface area (Å²) in [7, 11) is -7.37. The molecule has 36 heavy (non-hydrogen) atoms. The van der Waals surface area contributed by atoms with Crippen LogP contribution in [0.2, 0.25) is 0 Å². The van der Waals surface area contributed by atoms with Crippen molar-refractivity contribution in [2.75, 3.05) is 38.2 Å². The van der Waals surface area contributed by atoms with Gasteiger partial charge in [-0.3, -0.25) is 4.98 Å². The summed E-state index contributed by atoms with van der Waals surface area (Å²) in [5.41, 5.74) is 1.63. The van der Waals surface area contributed by atoms with Gasteiger partial charge in [0.1, 0.15) is 4.90 Å². The Kier molecular flexibility index (Phi) is 6.78. The van der Waals surface area contributed by atoms with Crippen LogP contribution in [-0.4, -0.2) is 80.7 Å². The summed E-state index contributed by atoms with van der Waals surface area (Å²) in [5.74, 6) is 0. The first-order chi connectivity index (χ1) is 17.2. The number of hydrogen-bond acceptors (Lipinski definition) is 8. The fraction of sp³-hybridized carbons (Fsp3) is 0.435. The van der Waals surface area contributed by atoms with Crippen LogP contribution in [0.4, 0.5) is 5.69 Å². The van der Waals surface area contributed by atoms with Crippen molar-refractivity contribution in [1.82, 2.24) is 19.0 Å². The monoisotopic (exact) mass is 535 g/mol. The van der Waals surface area contributed by atoms with Crippen LogP contribution in [0.25, 0.3) is 11.0 Å². The maximum atomic E-state index is 13.2. The highest BCUT2D eigenvalue weighted by Crippen LogP contribution is 2.38. The molecule has 4 heterocycles. The average Bonchev–Trinajstić information content (AvgIpc) is 3.50. The maximum Gasteiger partial charge on any atom is 0.244 e. The number of aromatic nitrogens is 2. The van der Waals surface area contributed by atoms with E-state index in [0.29, 0.717) is 55.7 Å². The Bertz CT molecular complexity index is 1450. The Morgan fingerprint density at radius 2 is 1.94 bits per heavy atom. The van der Waals surface area contributed by atoms with Crippen LogP contribution in [0.3, 0.4) is 0 Å². The van der Waals surface area contributed by atoms with Crippen LogP contribution in [-0.2, 0) is 24.8 Å². The van der Waals surface area contributed by atoms with Gasteiger partial charge in [-0.05, 0) is 49.6 Å². The van der Waals surface area contributed by atoms with Gasteiger partial charge in [-0.2, -0.15) is 4.31 Å². The third-order valence-corrected chi connectivity index (χ3v) is 10.1. The summed E-state index contributed by atoms with van der Waals surface area (Å²) in [5, 5.41) is 12.2. The molecule has 0 radical (unpaired) electrons. The Morgan fingerprint density at radius 3 is 2.72 bits per heavy atom. The quantitative estimate of drug-likeness (QED) is 0.336. The van der Waals surface area contributed by atoms with E-state index < -0.39 is 25.6 Å². The van der Waals surface area contributed by atoms with Crippen molar-refractivity contribution in [3.8, 4) is 0 Å². The van der Waals surface area contributed by atoms with Crippen molar-refractivity contribution in [2.24, 2.45) is 0 Å². The highest BCUT2D eigenvalue weighted by molar-refractivity contribution is 7.89. The molecule has 4 N–H and O–H groups in total. The van der Waals surface area contributed by atoms with Gasteiger partial charge in [0.25, 0.3) is 0 Å². The molecular formula is C23H29N5O6S2. The van der Waals surface area contributed by atoms with Gasteiger partial charge >= 0.3 is 0 Å². The zero-order valence-electron chi connectivity index (χ0n) is 19.6. The lowest BCUT2D eigenvalue weighted by atomic mass is 9.88. The minimum Gasteiger partial charge on any atom is -0.395 e. The molecule has 2 aromatic heterocycles. The van der Waals surface area contributed by atoms with Gasteiger partial charge in [0.15, 0.2) is 0 Å². The van der Waals surface area contributed by atoms with Crippen LogP contribution < -0.4 is 10.0 Å². The van der Waals surface area contributed by atoms with Gasteiger partial charge in [-0.25, -0.2) is 21.6 Å². The maximum absolute atomic E-state index is 13.2. The number of anilines is 1. The van der Waals surface area contributed by atoms with E-state index in [9.17, 15) is 16.8 Å². The molecule has 1 atom stereocenters. The second-order valence-electron chi connectivity index (χ2n) is 9.17. The van der Waals surface area contributed by atoms with E-state index >= 15 is 0 Å². The van der Waals surface area contributed by atoms with Crippen LogP contribution in [0.1, 0.15) is 19.3 Å². The largest absolute Gasteiger partial charge is 0.395 e. The molecule has 1 aromatic carbocycles. The Hall–Kier alpha value is -2.55. The molecule has 2 aliphatic rings. The molecule has 13 heteroatoms. The van der Waals surface area contributed by atoms with Crippen LogP contribution in [0.15, 0.2) is 58.6 Å². The first-order valence-corrected chi connectivity index (χ1v) is 14.7. The van der Waals surface area contributed by atoms with Gasteiger partial charge in [-0.15, -0.1) is 0 Å². The van der Waals surface area contributed by atoms with Crippen molar-refractivity contribution >= 4 is 36.8 Å².